The van der Waals surface area contributed by atoms with Gasteiger partial charge in [-0.1, -0.05) is 0 Å². The van der Waals surface area contributed by atoms with E-state index in [2.05, 4.69) is 18.4 Å². The molecule has 0 atom stereocenters. The van der Waals surface area contributed by atoms with Gasteiger partial charge >= 0.3 is 0 Å². The predicted molar refractivity (Wildman–Crippen MR) is 139 cm³/mol. The fourth-order valence-electron chi connectivity index (χ4n) is 4.08. The quantitative estimate of drug-likeness (QED) is 0.433. The average molecular weight is 534 g/mol. The van der Waals surface area contributed by atoms with E-state index >= 15 is 0 Å². The minimum atomic E-state index is -3.55. The van der Waals surface area contributed by atoms with Crippen LogP contribution < -0.4 is 19.0 Å². The van der Waals surface area contributed by atoms with Gasteiger partial charge in [0.1, 0.15) is 0 Å². The van der Waals surface area contributed by atoms with Gasteiger partial charge < -0.3 is 23.5 Å². The lowest BCUT2D eigenvalue weighted by molar-refractivity contribution is 0.0730. The molecule has 1 saturated heterocycles. The molecule has 1 aromatic heterocycles. The molecule has 1 aliphatic heterocycles. The van der Waals surface area contributed by atoms with Crippen LogP contribution in [0.4, 0.5) is 5.69 Å². The van der Waals surface area contributed by atoms with Crippen LogP contribution in [0.2, 0.25) is 0 Å². The minimum absolute atomic E-state index is 0.116. The van der Waals surface area contributed by atoms with E-state index in [4.69, 9.17) is 23.9 Å². The number of aromatic nitrogens is 1. The van der Waals surface area contributed by atoms with Crippen molar-refractivity contribution in [3.05, 3.63) is 46.6 Å². The van der Waals surface area contributed by atoms with Gasteiger partial charge in [0.2, 0.25) is 15.8 Å². The molecule has 0 radical (unpaired) electrons. The normalized spacial score (nSPS) is 15.3. The summed E-state index contributed by atoms with van der Waals surface area (Å²) in [5.41, 5.74) is 2.53. The maximum absolute atomic E-state index is 12.9. The van der Waals surface area contributed by atoms with Crippen molar-refractivity contribution in [3.8, 4) is 28.5 Å². The molecular formula is C25H31N3O6S2. The highest BCUT2D eigenvalue weighted by Crippen LogP contribution is 2.41. The maximum Gasteiger partial charge on any atom is 0.243 e. The van der Waals surface area contributed by atoms with E-state index in [-0.39, 0.29) is 10.9 Å². The fraction of sp³-hybridized carbons (Fsp3) is 0.400. The summed E-state index contributed by atoms with van der Waals surface area (Å²) in [5.74, 6) is 1.68. The Labute approximate surface area is 215 Å². The monoisotopic (exact) mass is 533 g/mol. The molecule has 4 rings (SSSR count). The van der Waals surface area contributed by atoms with E-state index in [1.54, 1.807) is 45.6 Å². The molecule has 9 nitrogen and oxygen atoms in total. The SMILES string of the molecule is COc1cc(-c2csc(=Nc3ccc(S(=O)(=O)N4CCOCC4)cc3)n2C(C)C)cc(OC)c1OC. The Morgan fingerprint density at radius 2 is 1.58 bits per heavy atom. The van der Waals surface area contributed by atoms with Crippen LogP contribution in [0.3, 0.4) is 0 Å². The largest absolute Gasteiger partial charge is 0.493 e. The Kier molecular flexibility index (Phi) is 8.04. The van der Waals surface area contributed by atoms with Crippen molar-refractivity contribution in [2.45, 2.75) is 24.8 Å². The summed E-state index contributed by atoms with van der Waals surface area (Å²) >= 11 is 1.51. The number of morpholine rings is 1. The third-order valence-corrected chi connectivity index (χ3v) is 8.64. The van der Waals surface area contributed by atoms with Crippen molar-refractivity contribution in [2.75, 3.05) is 47.6 Å². The van der Waals surface area contributed by atoms with Crippen molar-refractivity contribution < 1.29 is 27.4 Å². The van der Waals surface area contributed by atoms with E-state index in [0.29, 0.717) is 49.2 Å². The van der Waals surface area contributed by atoms with E-state index < -0.39 is 10.0 Å². The second kappa shape index (κ2) is 11.0. The van der Waals surface area contributed by atoms with Crippen molar-refractivity contribution in [1.29, 1.82) is 0 Å². The molecule has 1 aliphatic rings. The van der Waals surface area contributed by atoms with Crippen molar-refractivity contribution in [1.82, 2.24) is 8.87 Å². The Morgan fingerprint density at radius 3 is 2.11 bits per heavy atom. The van der Waals surface area contributed by atoms with Crippen LogP contribution in [-0.2, 0) is 14.8 Å². The van der Waals surface area contributed by atoms with E-state index in [9.17, 15) is 8.42 Å². The molecule has 1 fully saturated rings. The highest BCUT2D eigenvalue weighted by Gasteiger charge is 2.26. The molecule has 2 aromatic carbocycles. The lowest BCUT2D eigenvalue weighted by atomic mass is 10.1. The molecule has 0 N–H and O–H groups in total. The summed E-state index contributed by atoms with van der Waals surface area (Å²) in [4.78, 5) is 5.87. The third kappa shape index (κ3) is 5.15. The Bertz CT molecular complexity index is 1350. The first kappa shape index (κ1) is 26.2. The molecule has 0 spiro atoms. The first-order chi connectivity index (χ1) is 17.3. The van der Waals surface area contributed by atoms with E-state index in [1.807, 2.05) is 17.5 Å². The summed E-state index contributed by atoms with van der Waals surface area (Å²) in [5, 5.41) is 2.04. The first-order valence-electron chi connectivity index (χ1n) is 11.5. The van der Waals surface area contributed by atoms with Crippen LogP contribution in [0, 0.1) is 0 Å². The van der Waals surface area contributed by atoms with E-state index in [0.717, 1.165) is 16.1 Å². The second-order valence-electron chi connectivity index (χ2n) is 8.40. The number of ether oxygens (including phenoxy) is 4. The van der Waals surface area contributed by atoms with Gasteiger partial charge in [0.15, 0.2) is 16.3 Å². The zero-order valence-electron chi connectivity index (χ0n) is 21.1. The number of benzene rings is 2. The van der Waals surface area contributed by atoms with Crippen LogP contribution in [-0.4, -0.2) is 64.9 Å². The van der Waals surface area contributed by atoms with Crippen LogP contribution in [0.15, 0.2) is 51.7 Å². The summed E-state index contributed by atoms with van der Waals surface area (Å²) in [7, 11) is 1.21. The van der Waals surface area contributed by atoms with Gasteiger partial charge in [0, 0.05) is 30.1 Å². The molecule has 0 aliphatic carbocycles. The molecule has 36 heavy (non-hydrogen) atoms. The molecule has 194 valence electrons. The number of nitrogens with zero attached hydrogens (tertiary/aromatic N) is 3. The van der Waals surface area contributed by atoms with Gasteiger partial charge in [-0.3, -0.25) is 0 Å². The molecule has 0 saturated carbocycles. The zero-order chi connectivity index (χ0) is 25.9. The van der Waals surface area contributed by atoms with Gasteiger partial charge in [0.25, 0.3) is 0 Å². The van der Waals surface area contributed by atoms with Gasteiger partial charge in [-0.05, 0) is 50.2 Å². The number of thiazole rings is 1. The molecule has 0 unspecified atom stereocenters. The minimum Gasteiger partial charge on any atom is -0.493 e. The summed E-state index contributed by atoms with van der Waals surface area (Å²) < 4.78 is 51.2. The van der Waals surface area contributed by atoms with Gasteiger partial charge in [0.05, 0.1) is 50.8 Å². The highest BCUT2D eigenvalue weighted by molar-refractivity contribution is 7.89. The van der Waals surface area contributed by atoms with Crippen molar-refractivity contribution in [3.63, 3.8) is 0 Å². The second-order valence-corrected chi connectivity index (χ2v) is 11.2. The summed E-state index contributed by atoms with van der Waals surface area (Å²) in [6.07, 6.45) is 0. The topological polar surface area (TPSA) is 91.6 Å². The van der Waals surface area contributed by atoms with Crippen LogP contribution >= 0.6 is 11.3 Å². The molecular weight excluding hydrogens is 502 g/mol. The lowest BCUT2D eigenvalue weighted by Gasteiger charge is -2.26. The van der Waals surface area contributed by atoms with E-state index in [1.165, 1.54) is 15.6 Å². The number of hydrogen-bond acceptors (Lipinski definition) is 8. The maximum atomic E-state index is 12.9. The van der Waals surface area contributed by atoms with Crippen LogP contribution in [0.25, 0.3) is 11.3 Å². The van der Waals surface area contributed by atoms with Crippen molar-refractivity contribution >= 4 is 27.0 Å². The average Bonchev–Trinajstić information content (AvgIpc) is 3.32. The van der Waals surface area contributed by atoms with Gasteiger partial charge in [-0.25, -0.2) is 13.4 Å². The molecule has 3 aromatic rings. The molecule has 11 heteroatoms. The number of sulfonamides is 1. The smallest absolute Gasteiger partial charge is 0.243 e. The molecule has 0 amide bonds. The predicted octanol–water partition coefficient (Wildman–Crippen LogP) is 4.08. The molecule has 2 heterocycles. The summed E-state index contributed by atoms with van der Waals surface area (Å²) in [6.45, 7) is 5.73. The zero-order valence-corrected chi connectivity index (χ0v) is 22.7. The fourth-order valence-corrected chi connectivity index (χ4v) is 6.54. The highest BCUT2D eigenvalue weighted by atomic mass is 32.2. The third-order valence-electron chi connectivity index (χ3n) is 5.89. The number of methoxy groups -OCH3 is 3. The Balaban J connectivity index is 1.72. The number of rotatable bonds is 8. The molecule has 0 bridgehead atoms. The Hall–Kier alpha value is -2.86. The number of hydrogen-bond donors (Lipinski definition) is 0. The van der Waals surface area contributed by atoms with Gasteiger partial charge in [-0.15, -0.1) is 11.3 Å². The van der Waals surface area contributed by atoms with Crippen LogP contribution in [0.1, 0.15) is 19.9 Å². The summed E-state index contributed by atoms with van der Waals surface area (Å²) in [6, 6.07) is 10.6. The standard InChI is InChI=1S/C25H31N3O6S2/c1-17(2)28-21(18-14-22(31-3)24(33-5)23(15-18)32-4)16-35-25(28)26-19-6-8-20(9-7-19)36(29,30)27-10-12-34-13-11-27/h6-9,14-17H,10-13H2,1-5H3. The Morgan fingerprint density at radius 1 is 0.972 bits per heavy atom. The van der Waals surface area contributed by atoms with Crippen molar-refractivity contribution in [2.24, 2.45) is 4.99 Å². The van der Waals surface area contributed by atoms with Crippen LogP contribution in [0.5, 0.6) is 17.2 Å². The van der Waals surface area contributed by atoms with Gasteiger partial charge in [-0.2, -0.15) is 4.31 Å². The first-order valence-corrected chi connectivity index (χ1v) is 13.8. The lowest BCUT2D eigenvalue weighted by Crippen LogP contribution is -2.40.